The molecule has 0 aromatic heterocycles. The van der Waals surface area contributed by atoms with Crippen molar-refractivity contribution in [1.29, 1.82) is 0 Å². The molecule has 1 aliphatic rings. The number of nitrogens with zero attached hydrogens (tertiary/aromatic N) is 2. The topological polar surface area (TPSA) is 92.6 Å². The molecule has 1 heterocycles. The van der Waals surface area contributed by atoms with Crippen molar-refractivity contribution >= 4 is 34.0 Å². The van der Waals surface area contributed by atoms with E-state index in [1.807, 2.05) is 0 Å². The van der Waals surface area contributed by atoms with E-state index in [9.17, 15) is 19.7 Å². The van der Waals surface area contributed by atoms with Gasteiger partial charge in [0.25, 0.3) is 17.5 Å². The van der Waals surface area contributed by atoms with Gasteiger partial charge in [-0.15, -0.1) is 0 Å². The quantitative estimate of drug-likeness (QED) is 0.517. The maximum Gasteiger partial charge on any atom is 0.293 e. The molecule has 2 amide bonds. The Morgan fingerprint density at radius 2 is 1.86 bits per heavy atom. The number of hydrogen-bond donors (Lipinski definition) is 1. The van der Waals surface area contributed by atoms with Gasteiger partial charge in [-0.25, -0.2) is 0 Å². The Bertz CT molecular complexity index is 829. The average molecular weight is 285 g/mol. The second kappa shape index (κ2) is 4.27. The lowest BCUT2D eigenvalue weighted by Crippen LogP contribution is -2.37. The number of carbonyl (C=O) groups excluding carboxylic acids is 2. The first kappa shape index (κ1) is 13.0. The molecule has 0 saturated heterocycles. The molecule has 0 fully saturated rings. The van der Waals surface area contributed by atoms with Gasteiger partial charge in [0.15, 0.2) is 0 Å². The van der Waals surface area contributed by atoms with Crippen LogP contribution < -0.4 is 5.32 Å². The lowest BCUT2D eigenvalue weighted by Gasteiger charge is -2.24. The molecular weight excluding hydrogens is 274 g/mol. The highest BCUT2D eigenvalue weighted by Gasteiger charge is 2.33. The Morgan fingerprint density at radius 1 is 1.19 bits per heavy atom. The largest absolute Gasteiger partial charge is 0.382 e. The third kappa shape index (κ3) is 1.60. The molecule has 21 heavy (non-hydrogen) atoms. The summed E-state index contributed by atoms with van der Waals surface area (Å²) in [5.41, 5.74) is 0.656. The van der Waals surface area contributed by atoms with Crippen molar-refractivity contribution in [3.05, 3.63) is 45.5 Å². The number of benzene rings is 2. The molecule has 0 bridgehead atoms. The van der Waals surface area contributed by atoms with Crippen molar-refractivity contribution in [2.24, 2.45) is 0 Å². The zero-order chi connectivity index (χ0) is 15.3. The van der Waals surface area contributed by atoms with Crippen LogP contribution in [0.25, 0.3) is 10.8 Å². The third-order valence-electron chi connectivity index (χ3n) is 3.66. The highest BCUT2D eigenvalue weighted by Crippen LogP contribution is 2.39. The summed E-state index contributed by atoms with van der Waals surface area (Å²) < 4.78 is 0. The molecule has 0 aliphatic carbocycles. The minimum absolute atomic E-state index is 0.174. The van der Waals surface area contributed by atoms with Gasteiger partial charge in [0.2, 0.25) is 0 Å². The van der Waals surface area contributed by atoms with Crippen LogP contribution in [0.1, 0.15) is 20.7 Å². The number of imide groups is 1. The van der Waals surface area contributed by atoms with Crippen LogP contribution in [-0.2, 0) is 0 Å². The first-order valence-electron chi connectivity index (χ1n) is 6.21. The normalized spacial score (nSPS) is 13.7. The van der Waals surface area contributed by atoms with Gasteiger partial charge in [-0.1, -0.05) is 12.1 Å². The minimum Gasteiger partial charge on any atom is -0.382 e. The van der Waals surface area contributed by atoms with E-state index in [1.54, 1.807) is 25.2 Å². The maximum atomic E-state index is 12.2. The highest BCUT2D eigenvalue weighted by atomic mass is 16.6. The van der Waals surface area contributed by atoms with E-state index in [1.165, 1.54) is 13.1 Å². The summed E-state index contributed by atoms with van der Waals surface area (Å²) in [4.78, 5) is 36.1. The van der Waals surface area contributed by atoms with E-state index in [0.717, 1.165) is 4.90 Å². The van der Waals surface area contributed by atoms with Crippen molar-refractivity contribution < 1.29 is 14.5 Å². The smallest absolute Gasteiger partial charge is 0.293 e. The van der Waals surface area contributed by atoms with Gasteiger partial charge in [-0.05, 0) is 6.07 Å². The van der Waals surface area contributed by atoms with E-state index in [0.29, 0.717) is 22.0 Å². The average Bonchev–Trinajstić information content (AvgIpc) is 2.49. The fourth-order valence-electron chi connectivity index (χ4n) is 2.68. The van der Waals surface area contributed by atoms with E-state index in [2.05, 4.69) is 5.32 Å². The van der Waals surface area contributed by atoms with Gasteiger partial charge in [-0.2, -0.15) is 0 Å². The van der Waals surface area contributed by atoms with E-state index in [-0.39, 0.29) is 11.3 Å². The van der Waals surface area contributed by atoms with Crippen molar-refractivity contribution in [2.75, 3.05) is 19.4 Å². The maximum absolute atomic E-state index is 12.2. The molecule has 3 rings (SSSR count). The summed E-state index contributed by atoms with van der Waals surface area (Å²) in [6.07, 6.45) is 0. The van der Waals surface area contributed by atoms with Gasteiger partial charge in [0.05, 0.1) is 10.5 Å². The number of nitrogens with one attached hydrogen (secondary N) is 1. The summed E-state index contributed by atoms with van der Waals surface area (Å²) in [5.74, 6) is -0.941. The molecule has 0 unspecified atom stereocenters. The fraction of sp³-hybridized carbons (Fsp3) is 0.143. The standard InChI is InChI=1S/C14H11N3O4/c1-15-12-7-4-3-5-8-11(7)9(6-10(12)17(20)21)14(19)16(2)13(8)18/h3-6,15H,1-2H3. The second-order valence-corrected chi connectivity index (χ2v) is 4.72. The summed E-state index contributed by atoms with van der Waals surface area (Å²) in [6.45, 7) is 0. The Balaban J connectivity index is 2.54. The number of hydrogen-bond acceptors (Lipinski definition) is 5. The summed E-state index contributed by atoms with van der Waals surface area (Å²) in [7, 11) is 2.93. The molecule has 0 saturated carbocycles. The molecular formula is C14H11N3O4. The molecule has 106 valence electrons. The summed E-state index contributed by atoms with van der Waals surface area (Å²) >= 11 is 0. The van der Waals surface area contributed by atoms with E-state index >= 15 is 0 Å². The summed E-state index contributed by atoms with van der Waals surface area (Å²) in [6, 6.07) is 6.14. The second-order valence-electron chi connectivity index (χ2n) is 4.72. The molecule has 2 aromatic rings. The van der Waals surface area contributed by atoms with Gasteiger partial charge in [0.1, 0.15) is 5.69 Å². The summed E-state index contributed by atoms with van der Waals surface area (Å²) in [5, 5.41) is 15.0. The number of carbonyl (C=O) groups is 2. The number of anilines is 1. The molecule has 0 atom stereocenters. The van der Waals surface area contributed by atoms with Crippen molar-refractivity contribution in [3.63, 3.8) is 0 Å². The Kier molecular flexibility index (Phi) is 2.65. The lowest BCUT2D eigenvalue weighted by atomic mass is 9.92. The van der Waals surface area contributed by atoms with E-state index in [4.69, 9.17) is 0 Å². The zero-order valence-corrected chi connectivity index (χ0v) is 11.3. The van der Waals surface area contributed by atoms with Crippen molar-refractivity contribution in [1.82, 2.24) is 4.90 Å². The number of nitro groups is 1. The SMILES string of the molecule is CNc1c([N+](=O)[O-])cc2c3c(cccc13)C(=O)N(C)C2=O. The molecule has 7 heteroatoms. The van der Waals surface area contributed by atoms with Gasteiger partial charge >= 0.3 is 0 Å². The fourth-order valence-corrected chi connectivity index (χ4v) is 2.68. The van der Waals surface area contributed by atoms with Crippen LogP contribution in [0, 0.1) is 10.1 Å². The number of nitro benzene ring substituents is 1. The molecule has 0 spiro atoms. The Morgan fingerprint density at radius 3 is 2.48 bits per heavy atom. The Hall–Kier alpha value is -2.96. The van der Waals surface area contributed by atoms with Crippen LogP contribution in [0.3, 0.4) is 0 Å². The van der Waals surface area contributed by atoms with Crippen LogP contribution in [0.2, 0.25) is 0 Å². The molecule has 2 aromatic carbocycles. The predicted molar refractivity (Wildman–Crippen MR) is 76.6 cm³/mol. The lowest BCUT2D eigenvalue weighted by molar-refractivity contribution is -0.383. The predicted octanol–water partition coefficient (Wildman–Crippen LogP) is 2.02. The van der Waals surface area contributed by atoms with Crippen molar-refractivity contribution in [2.45, 2.75) is 0 Å². The van der Waals surface area contributed by atoms with Gasteiger partial charge < -0.3 is 5.32 Å². The molecule has 7 nitrogen and oxygen atoms in total. The van der Waals surface area contributed by atoms with Crippen molar-refractivity contribution in [3.8, 4) is 0 Å². The molecule has 1 aliphatic heterocycles. The molecule has 1 N–H and O–H groups in total. The number of amides is 2. The first-order valence-corrected chi connectivity index (χ1v) is 6.21. The third-order valence-corrected chi connectivity index (χ3v) is 3.66. The van der Waals surface area contributed by atoms with E-state index < -0.39 is 16.7 Å². The first-order chi connectivity index (χ1) is 9.97. The van der Waals surface area contributed by atoms with Crippen LogP contribution in [0.5, 0.6) is 0 Å². The monoisotopic (exact) mass is 285 g/mol. The zero-order valence-electron chi connectivity index (χ0n) is 11.3. The molecule has 0 radical (unpaired) electrons. The van der Waals surface area contributed by atoms with Gasteiger partial charge in [-0.3, -0.25) is 24.6 Å². The van der Waals surface area contributed by atoms with Crippen LogP contribution >= 0.6 is 0 Å². The van der Waals surface area contributed by atoms with Crippen LogP contribution in [-0.4, -0.2) is 35.7 Å². The van der Waals surface area contributed by atoms with Crippen LogP contribution in [0.15, 0.2) is 24.3 Å². The number of rotatable bonds is 2. The highest BCUT2D eigenvalue weighted by molar-refractivity contribution is 6.27. The van der Waals surface area contributed by atoms with Gasteiger partial charge in [0, 0.05) is 36.5 Å². The Labute approximate surface area is 119 Å². The van der Waals surface area contributed by atoms with Crippen LogP contribution in [0.4, 0.5) is 11.4 Å². The minimum atomic E-state index is -0.543.